The summed E-state index contributed by atoms with van der Waals surface area (Å²) in [6.45, 7) is 3.06. The Morgan fingerprint density at radius 1 is 0.500 bits per heavy atom. The average Bonchev–Trinajstić information content (AvgIpc) is 3.20. The quantitative estimate of drug-likeness (QED) is 0.102. The molecule has 6 aromatic rings. The predicted octanol–water partition coefficient (Wildman–Crippen LogP) is 9.75. The number of hydrogen-bond donors (Lipinski definition) is 1. The van der Waals surface area contributed by atoms with Gasteiger partial charge in [0, 0.05) is 0 Å². The summed E-state index contributed by atoms with van der Waals surface area (Å²) in [6, 6.07) is 51.9. The van der Waals surface area contributed by atoms with Crippen molar-refractivity contribution in [1.82, 2.24) is 0 Å². The Labute approximate surface area is 307 Å². The highest BCUT2D eigenvalue weighted by Gasteiger charge is 2.11. The lowest BCUT2D eigenvalue weighted by atomic mass is 10.0. The lowest BCUT2D eigenvalue weighted by molar-refractivity contribution is -0.145. The molecule has 0 aliphatic rings. The molecule has 0 fully saturated rings. The first-order valence-electron chi connectivity index (χ1n) is 17.7. The molecule has 6 rings (SSSR count). The van der Waals surface area contributed by atoms with E-state index < -0.39 is 0 Å². The van der Waals surface area contributed by atoms with Gasteiger partial charge in [-0.25, -0.2) is 4.79 Å². The van der Waals surface area contributed by atoms with Crippen LogP contribution in [-0.2, 0) is 48.4 Å². The summed E-state index contributed by atoms with van der Waals surface area (Å²) in [4.78, 5) is 11.7. The minimum absolute atomic E-state index is 0.101. The second-order valence-corrected chi connectivity index (χ2v) is 12.2. The van der Waals surface area contributed by atoms with E-state index in [1.165, 1.54) is 11.1 Å². The summed E-state index contributed by atoms with van der Waals surface area (Å²) >= 11 is 0. The topological polar surface area (TPSA) is 74.2 Å². The largest absolute Gasteiger partial charge is 0.508 e. The Hall–Kier alpha value is -6.01. The van der Waals surface area contributed by atoms with Crippen LogP contribution >= 0.6 is 0 Å². The lowest BCUT2D eigenvalue weighted by Gasteiger charge is -2.14. The fourth-order valence-electron chi connectivity index (χ4n) is 5.50. The maximum absolute atomic E-state index is 11.7. The van der Waals surface area contributed by atoms with Crippen LogP contribution in [0.4, 0.5) is 0 Å². The molecule has 0 aliphatic carbocycles. The van der Waals surface area contributed by atoms with Crippen molar-refractivity contribution in [2.24, 2.45) is 0 Å². The molecule has 52 heavy (non-hydrogen) atoms. The molecule has 266 valence electrons. The van der Waals surface area contributed by atoms with Crippen LogP contribution in [0.5, 0.6) is 23.0 Å². The van der Waals surface area contributed by atoms with Gasteiger partial charge in [0.1, 0.15) is 36.2 Å². The first-order chi connectivity index (χ1) is 25.6. The number of phenols is 1. The van der Waals surface area contributed by atoms with Gasteiger partial charge in [0.05, 0.1) is 6.61 Å². The van der Waals surface area contributed by atoms with Crippen LogP contribution in [0.2, 0.25) is 0 Å². The summed E-state index contributed by atoms with van der Waals surface area (Å²) in [7, 11) is 0. The fraction of sp³-hybridized carbons (Fsp3) is 0.196. The van der Waals surface area contributed by atoms with Gasteiger partial charge in [0.25, 0.3) is 0 Å². The average molecular weight is 695 g/mol. The molecule has 6 heteroatoms. The third kappa shape index (κ3) is 12.7. The molecule has 0 unspecified atom stereocenters. The van der Waals surface area contributed by atoms with Crippen LogP contribution < -0.4 is 14.2 Å². The van der Waals surface area contributed by atoms with E-state index in [1.54, 1.807) is 13.0 Å². The number of rotatable bonds is 16. The second-order valence-electron chi connectivity index (χ2n) is 12.2. The molecule has 0 aliphatic heterocycles. The Morgan fingerprint density at radius 3 is 1.44 bits per heavy atom. The molecule has 6 nitrogen and oxygen atoms in total. The summed E-state index contributed by atoms with van der Waals surface area (Å²) in [5, 5.41) is 10.0. The molecule has 6 aromatic carbocycles. The van der Waals surface area contributed by atoms with Gasteiger partial charge in [-0.2, -0.15) is 0 Å². The number of carbonyl (C=O) groups excluding carboxylic acids is 1. The monoisotopic (exact) mass is 694 g/mol. The van der Waals surface area contributed by atoms with Crippen molar-refractivity contribution >= 4 is 5.97 Å². The molecule has 0 saturated carbocycles. The zero-order valence-electron chi connectivity index (χ0n) is 29.7. The van der Waals surface area contributed by atoms with Crippen molar-refractivity contribution in [3.8, 4) is 23.0 Å². The van der Waals surface area contributed by atoms with E-state index in [0.29, 0.717) is 31.3 Å². The van der Waals surface area contributed by atoms with Crippen molar-refractivity contribution in [1.29, 1.82) is 0 Å². The molecular weight excluding hydrogens is 649 g/mol. The number of ether oxygens (including phenoxy) is 4. The van der Waals surface area contributed by atoms with E-state index in [2.05, 4.69) is 24.3 Å². The minimum Gasteiger partial charge on any atom is -0.508 e. The first kappa shape index (κ1) is 37.3. The third-order valence-corrected chi connectivity index (χ3v) is 8.28. The number of aryl methyl sites for hydroxylation is 4. The Balaban J connectivity index is 0.000000206. The van der Waals surface area contributed by atoms with Crippen LogP contribution in [0.25, 0.3) is 0 Å². The van der Waals surface area contributed by atoms with E-state index in [9.17, 15) is 9.90 Å². The summed E-state index contributed by atoms with van der Waals surface area (Å²) in [5.41, 5.74) is 6.68. The molecule has 0 aromatic heterocycles. The molecule has 0 amide bonds. The van der Waals surface area contributed by atoms with Crippen molar-refractivity contribution in [2.75, 3.05) is 13.2 Å². The van der Waals surface area contributed by atoms with Crippen molar-refractivity contribution < 1.29 is 28.8 Å². The normalized spacial score (nSPS) is 10.4. The van der Waals surface area contributed by atoms with Crippen molar-refractivity contribution in [3.05, 3.63) is 191 Å². The van der Waals surface area contributed by atoms with Gasteiger partial charge in [-0.3, -0.25) is 0 Å². The van der Waals surface area contributed by atoms with Gasteiger partial charge >= 0.3 is 5.97 Å². The second kappa shape index (κ2) is 20.6. The van der Waals surface area contributed by atoms with Crippen LogP contribution in [0.15, 0.2) is 158 Å². The molecule has 1 N–H and O–H groups in total. The van der Waals surface area contributed by atoms with Gasteiger partial charge in [0.2, 0.25) is 0 Å². The maximum atomic E-state index is 11.7. The van der Waals surface area contributed by atoms with Crippen LogP contribution in [0, 0.1) is 0 Å². The van der Waals surface area contributed by atoms with Gasteiger partial charge in [-0.05, 0) is 102 Å². The van der Waals surface area contributed by atoms with Gasteiger partial charge in [-0.15, -0.1) is 0 Å². The van der Waals surface area contributed by atoms with E-state index in [4.69, 9.17) is 18.9 Å². The molecule has 0 bridgehead atoms. The molecular formula is C46H46O6. The smallest absolute Gasteiger partial charge is 0.344 e. The molecule has 0 radical (unpaired) electrons. The van der Waals surface area contributed by atoms with E-state index in [1.807, 2.05) is 127 Å². The Kier molecular flexibility index (Phi) is 14.8. The highest BCUT2D eigenvalue weighted by molar-refractivity contribution is 5.71. The number of hydrogen-bond acceptors (Lipinski definition) is 6. The highest BCUT2D eigenvalue weighted by atomic mass is 16.6. The number of benzene rings is 6. The molecule has 0 spiro atoms. The maximum Gasteiger partial charge on any atom is 0.344 e. The van der Waals surface area contributed by atoms with Crippen molar-refractivity contribution in [2.45, 2.75) is 45.8 Å². The van der Waals surface area contributed by atoms with E-state index >= 15 is 0 Å². The van der Waals surface area contributed by atoms with Crippen molar-refractivity contribution in [3.63, 3.8) is 0 Å². The third-order valence-electron chi connectivity index (χ3n) is 8.28. The zero-order chi connectivity index (χ0) is 36.2. The predicted molar refractivity (Wildman–Crippen MR) is 206 cm³/mol. The van der Waals surface area contributed by atoms with Gasteiger partial charge < -0.3 is 24.1 Å². The standard InChI is InChI=1S/C25H26O4.C21H20O2/c1-2-27-25(26)19-29-24-16-15-23(28-18-21-11-7-4-8-12-21)17-22(24)14-13-20-9-5-3-6-10-20;22-21-14-13-20(23-16-18-9-5-2-6-10-18)15-19(21)12-11-17-7-3-1-4-8-17/h3-12,15-17H,2,13-14,18-19H2,1H3;1-10,13-15,22H,11-12,16H2. The van der Waals surface area contributed by atoms with Gasteiger partial charge in [0.15, 0.2) is 6.61 Å². The first-order valence-corrected chi connectivity index (χ1v) is 17.7. The van der Waals surface area contributed by atoms with E-state index in [0.717, 1.165) is 59.4 Å². The lowest BCUT2D eigenvalue weighted by Crippen LogP contribution is -2.15. The number of esters is 1. The molecule has 0 heterocycles. The number of phenolic OH excluding ortho intramolecular Hbond substituents is 1. The minimum atomic E-state index is -0.370. The molecule has 0 atom stereocenters. The van der Waals surface area contributed by atoms with Gasteiger partial charge in [-0.1, -0.05) is 121 Å². The summed E-state index contributed by atoms with van der Waals surface area (Å²) < 4.78 is 22.5. The zero-order valence-corrected chi connectivity index (χ0v) is 29.7. The Bertz CT molecular complexity index is 1910. The Morgan fingerprint density at radius 2 is 0.942 bits per heavy atom. The van der Waals surface area contributed by atoms with Crippen LogP contribution in [-0.4, -0.2) is 24.3 Å². The number of carbonyl (C=O) groups is 1. The fourth-order valence-corrected chi connectivity index (χ4v) is 5.50. The number of aromatic hydroxyl groups is 1. The highest BCUT2D eigenvalue weighted by Crippen LogP contribution is 2.27. The van der Waals surface area contributed by atoms with E-state index in [-0.39, 0.29) is 12.6 Å². The van der Waals surface area contributed by atoms with Crippen LogP contribution in [0.3, 0.4) is 0 Å². The summed E-state index contributed by atoms with van der Waals surface area (Å²) in [6.07, 6.45) is 3.35. The SMILES string of the molecule is CCOC(=O)COc1ccc(OCc2ccccc2)cc1CCc1ccccc1.Oc1ccc(OCc2ccccc2)cc1CCc1ccccc1. The molecule has 0 saturated heterocycles. The summed E-state index contributed by atoms with van der Waals surface area (Å²) in [5.74, 6) is 2.20. The van der Waals surface area contributed by atoms with Crippen LogP contribution in [0.1, 0.15) is 40.3 Å².